The molecule has 0 amide bonds. The van der Waals surface area contributed by atoms with Crippen LogP contribution in [0.4, 0.5) is 0 Å². The Morgan fingerprint density at radius 2 is 0.329 bits per heavy atom. The average molecular weight is 1020 g/mol. The van der Waals surface area contributed by atoms with Crippen molar-refractivity contribution in [2.24, 2.45) is 0 Å². The van der Waals surface area contributed by atoms with Gasteiger partial charge in [0.25, 0.3) is 0 Å². The summed E-state index contributed by atoms with van der Waals surface area (Å²) in [5, 5.41) is 0. The third-order valence-electron chi connectivity index (χ3n) is 15.8. The van der Waals surface area contributed by atoms with Gasteiger partial charge in [-0.25, -0.2) is 0 Å². The summed E-state index contributed by atoms with van der Waals surface area (Å²) in [5.74, 6) is 5.18. The van der Waals surface area contributed by atoms with Crippen molar-refractivity contribution in [3.05, 3.63) is 194 Å². The van der Waals surface area contributed by atoms with Gasteiger partial charge < -0.3 is 46.2 Å². The Morgan fingerprint density at radius 3 is 0.434 bits per heavy atom. The first-order chi connectivity index (χ1) is 37.1. The van der Waals surface area contributed by atoms with Gasteiger partial charge in [-0.3, -0.25) is 0 Å². The van der Waals surface area contributed by atoms with Gasteiger partial charge in [-0.15, -0.1) is 0 Å². The number of hydrogen-bond acceptors (Lipinski definition) is 8. The first-order valence-electron chi connectivity index (χ1n) is 27.3. The molecule has 10 nitrogen and oxygen atoms in total. The third-order valence-corrected chi connectivity index (χ3v) is 15.8. The number of para-hydroxylation sites is 8. The summed E-state index contributed by atoms with van der Waals surface area (Å²) in [7, 11) is 0. The predicted octanol–water partition coefficient (Wildman–Crippen LogP) is 15.2. The Hall–Kier alpha value is -7.79. The summed E-state index contributed by atoms with van der Waals surface area (Å²) in [6, 6.07) is 62.5. The highest BCUT2D eigenvalue weighted by molar-refractivity contribution is 6.58. The molecule has 0 aliphatic carbocycles. The number of quaternary nitrogens is 2. The van der Waals surface area contributed by atoms with E-state index in [1.54, 1.807) is 0 Å². The number of nitrogens with zero attached hydrogens (tertiary/aromatic N) is 2. The van der Waals surface area contributed by atoms with Crippen LogP contribution < -0.4 is 37.2 Å². The topological polar surface area (TPSA) is 73.8 Å². The number of benzene rings is 8. The Morgan fingerprint density at radius 1 is 0.211 bits per heavy atom. The average Bonchev–Trinajstić information content (AvgIpc) is 3.83. The van der Waals surface area contributed by atoms with Crippen molar-refractivity contribution in [2.75, 3.05) is 52.4 Å². The van der Waals surface area contributed by atoms with E-state index in [0.29, 0.717) is 46.0 Å². The highest BCUT2D eigenvalue weighted by Gasteiger charge is 2.49. The number of rotatable bonds is 8. The fraction of sp³-hybridized carbons (Fsp3) is 0.250. The Labute approximate surface area is 450 Å². The zero-order chi connectivity index (χ0) is 53.2. The van der Waals surface area contributed by atoms with E-state index in [4.69, 9.17) is 37.2 Å². The molecule has 8 aromatic rings. The van der Waals surface area contributed by atoms with Gasteiger partial charge in [0.2, 0.25) is 0 Å². The van der Waals surface area contributed by atoms with Crippen molar-refractivity contribution in [3.8, 4) is 90.5 Å². The van der Waals surface area contributed by atoms with Crippen molar-refractivity contribution in [1.82, 2.24) is 0 Å². The van der Waals surface area contributed by atoms with E-state index in [9.17, 15) is 0 Å². The second-order valence-corrected chi connectivity index (χ2v) is 19.3. The predicted molar refractivity (Wildman–Crippen MR) is 309 cm³/mol. The van der Waals surface area contributed by atoms with Crippen LogP contribution in [-0.2, 0) is 0 Å². The van der Waals surface area contributed by atoms with Crippen LogP contribution in [0.3, 0.4) is 0 Å². The van der Waals surface area contributed by atoms with E-state index in [1.807, 2.05) is 194 Å². The molecule has 0 N–H and O–H groups in total. The minimum atomic E-state index is -2.64. The molecule has 12 heteroatoms. The summed E-state index contributed by atoms with van der Waals surface area (Å²) in [6.07, 6.45) is 0. The van der Waals surface area contributed by atoms with Gasteiger partial charge in [0.05, 0.1) is 98.4 Å². The fourth-order valence-corrected chi connectivity index (χ4v) is 10.6. The lowest BCUT2D eigenvalue weighted by atomic mass is 10.0. The summed E-state index contributed by atoms with van der Waals surface area (Å²) in [4.78, 5) is 0. The monoisotopic (exact) mass is 1020 g/mol. The lowest BCUT2D eigenvalue weighted by Crippen LogP contribution is -2.60. The maximum absolute atomic E-state index is 6.36. The van der Waals surface area contributed by atoms with Crippen LogP contribution in [-0.4, -0.2) is 75.2 Å². The van der Waals surface area contributed by atoms with Gasteiger partial charge in [-0.05, 0) is 104 Å². The highest BCUT2D eigenvalue weighted by Crippen LogP contribution is 2.48. The molecule has 392 valence electrons. The molecule has 0 bridgehead atoms. The zero-order valence-corrected chi connectivity index (χ0v) is 45.4. The normalized spacial score (nSPS) is 14.2. The quantitative estimate of drug-likeness (QED) is 0.110. The number of hydrogen-bond donors (Lipinski definition) is 0. The molecular weight excluding hydrogens is 946 g/mol. The van der Waals surface area contributed by atoms with Crippen LogP contribution in [0.15, 0.2) is 194 Å². The van der Waals surface area contributed by atoms with E-state index in [1.165, 1.54) is 61.3 Å². The van der Waals surface area contributed by atoms with Gasteiger partial charge in [-0.2, -0.15) is 0 Å². The SMILES string of the molecule is CC[N+](CC)(CC)CC.CC[N+](CC)(CC)CC.c1ccc2c(c1)O[B-]1(Oc3ccccc3-2)Oc2ccccc2-c2ccccc2O1.c1ccc2c(c1)O[B-]1(Oc3ccccc3-2)Oc2ccccc2-c2ccccc2O1. The van der Waals surface area contributed by atoms with Crippen molar-refractivity contribution in [2.45, 2.75) is 55.4 Å². The minimum absolute atomic E-state index is 0.648. The lowest BCUT2D eigenvalue weighted by molar-refractivity contribution is -0.921. The van der Waals surface area contributed by atoms with Gasteiger partial charge >= 0.3 is 13.9 Å². The van der Waals surface area contributed by atoms with E-state index < -0.39 is 13.9 Å². The van der Waals surface area contributed by atoms with Crippen LogP contribution in [0, 0.1) is 0 Å². The standard InChI is InChI=1S/2C24H16BO4.2C8H20N/c2*1-5-13-21-17(9-1)18-10-2-6-14-22(18)27-25(26-21)28-23-15-7-3-11-19(23)20-12-4-8-16-24(20)29-25;2*1-5-9(6-2,7-3)8-4/h2*1-16H;2*5-8H2,1-4H3/q2*-1;2*+1. The largest absolute Gasteiger partial charge is 0.777 e. The van der Waals surface area contributed by atoms with Gasteiger partial charge in [0.1, 0.15) is 0 Å². The molecule has 4 heterocycles. The van der Waals surface area contributed by atoms with Crippen LogP contribution in [0.5, 0.6) is 46.0 Å². The first-order valence-corrected chi connectivity index (χ1v) is 27.3. The molecule has 0 unspecified atom stereocenters. The number of fused-ring (bicyclic) bond motifs is 12. The third kappa shape index (κ3) is 11.0. The fourth-order valence-electron chi connectivity index (χ4n) is 10.6. The van der Waals surface area contributed by atoms with Crippen LogP contribution in [0.1, 0.15) is 55.4 Å². The molecule has 0 atom stereocenters. The maximum Gasteiger partial charge on any atom is 0.777 e. The lowest BCUT2D eigenvalue weighted by Gasteiger charge is -2.39. The molecule has 0 saturated heterocycles. The maximum atomic E-state index is 6.36. The minimum Gasteiger partial charge on any atom is -0.611 e. The zero-order valence-electron chi connectivity index (χ0n) is 45.4. The van der Waals surface area contributed by atoms with Gasteiger partial charge in [-0.1, -0.05) is 146 Å². The van der Waals surface area contributed by atoms with Gasteiger partial charge in [0.15, 0.2) is 0 Å². The summed E-state index contributed by atoms with van der Waals surface area (Å²) >= 11 is 0. The molecule has 2 spiro atoms. The van der Waals surface area contributed by atoms with Crippen LogP contribution in [0.2, 0.25) is 0 Å². The molecule has 8 aromatic carbocycles. The second kappa shape index (κ2) is 23.4. The van der Waals surface area contributed by atoms with E-state index >= 15 is 0 Å². The second-order valence-electron chi connectivity index (χ2n) is 19.3. The molecular formula is C64H72B2N2O8. The van der Waals surface area contributed by atoms with Crippen molar-refractivity contribution in [1.29, 1.82) is 0 Å². The van der Waals surface area contributed by atoms with E-state index in [2.05, 4.69) is 55.4 Å². The van der Waals surface area contributed by atoms with Crippen molar-refractivity contribution < 1.29 is 46.2 Å². The van der Waals surface area contributed by atoms with Crippen LogP contribution in [0.25, 0.3) is 44.5 Å². The summed E-state index contributed by atoms with van der Waals surface area (Å²) in [6.45, 7) is 23.2. The highest BCUT2D eigenvalue weighted by atomic mass is 16.9. The molecule has 0 saturated carbocycles. The first kappa shape index (κ1) is 53.1. The molecule has 4 aliphatic rings. The van der Waals surface area contributed by atoms with E-state index in [-0.39, 0.29) is 0 Å². The Kier molecular flexibility index (Phi) is 16.3. The van der Waals surface area contributed by atoms with Crippen molar-refractivity contribution in [3.63, 3.8) is 0 Å². The molecule has 12 rings (SSSR count). The summed E-state index contributed by atoms with van der Waals surface area (Å²) in [5.41, 5.74) is 7.44. The molecule has 4 aliphatic heterocycles. The Balaban J connectivity index is 0.000000142. The van der Waals surface area contributed by atoms with E-state index in [0.717, 1.165) is 44.5 Å². The van der Waals surface area contributed by atoms with Gasteiger partial charge in [0, 0.05) is 44.5 Å². The molecule has 0 aromatic heterocycles. The molecule has 76 heavy (non-hydrogen) atoms. The molecule has 0 fully saturated rings. The Bertz CT molecular complexity index is 2590. The van der Waals surface area contributed by atoms with Crippen molar-refractivity contribution >= 4 is 13.9 Å². The van der Waals surface area contributed by atoms with Crippen LogP contribution >= 0.6 is 0 Å². The summed E-state index contributed by atoms with van der Waals surface area (Å²) < 4.78 is 53.4. The molecule has 0 radical (unpaired) electrons. The smallest absolute Gasteiger partial charge is 0.611 e.